The van der Waals surface area contributed by atoms with E-state index in [1.165, 1.54) is 55.2 Å². The van der Waals surface area contributed by atoms with Crippen LogP contribution < -0.4 is 0 Å². The predicted octanol–water partition coefficient (Wildman–Crippen LogP) is 8.30. The molecule has 0 heterocycles. The molecule has 0 unspecified atom stereocenters. The lowest BCUT2D eigenvalue weighted by molar-refractivity contribution is 0.0106. The Morgan fingerprint density at radius 3 is 1.35 bits per heavy atom. The number of benzene rings is 3. The van der Waals surface area contributed by atoms with Crippen LogP contribution in [-0.4, -0.2) is 6.61 Å². The second-order valence-electron chi connectivity index (χ2n) is 8.18. The summed E-state index contributed by atoms with van der Waals surface area (Å²) < 4.78 is 6.84. The maximum atomic E-state index is 6.84. The summed E-state index contributed by atoms with van der Waals surface area (Å²) in [4.78, 5) is 0. The summed E-state index contributed by atoms with van der Waals surface area (Å²) in [6.07, 6.45) is 12.0. The highest BCUT2D eigenvalue weighted by Crippen LogP contribution is 2.40. The highest BCUT2D eigenvalue weighted by Gasteiger charge is 2.37. The van der Waals surface area contributed by atoms with Crippen LogP contribution in [0.5, 0.6) is 0 Å². The largest absolute Gasteiger partial charge is 0.361 e. The molecule has 0 fully saturated rings. The second-order valence-corrected chi connectivity index (χ2v) is 8.18. The minimum atomic E-state index is -0.589. The Balaban J connectivity index is 1.71. The van der Waals surface area contributed by atoms with Crippen molar-refractivity contribution in [3.05, 3.63) is 120 Å². The molecule has 0 atom stereocenters. The summed E-state index contributed by atoms with van der Waals surface area (Å²) in [5.41, 5.74) is 2.94. The fourth-order valence-electron chi connectivity index (χ4n) is 4.27. The van der Waals surface area contributed by atoms with E-state index in [1.54, 1.807) is 0 Å². The molecule has 31 heavy (non-hydrogen) atoms. The van der Waals surface area contributed by atoms with Crippen LogP contribution in [0.4, 0.5) is 0 Å². The maximum Gasteiger partial charge on any atom is 0.143 e. The summed E-state index contributed by atoms with van der Waals surface area (Å²) in [7, 11) is 0. The summed E-state index contributed by atoms with van der Waals surface area (Å²) in [6.45, 7) is 4.55. The normalized spacial score (nSPS) is 11.4. The van der Waals surface area contributed by atoms with Gasteiger partial charge in [0.15, 0.2) is 0 Å². The molecule has 0 bridgehead atoms. The molecule has 0 spiro atoms. The molecule has 0 N–H and O–H groups in total. The number of ether oxygens (including phenoxy) is 1. The van der Waals surface area contributed by atoms with Crippen LogP contribution in [0.25, 0.3) is 0 Å². The first-order valence-corrected chi connectivity index (χ1v) is 11.8. The van der Waals surface area contributed by atoms with Gasteiger partial charge in [0.25, 0.3) is 0 Å². The maximum absolute atomic E-state index is 6.84. The van der Waals surface area contributed by atoms with Gasteiger partial charge in [-0.2, -0.15) is 0 Å². The van der Waals surface area contributed by atoms with Crippen LogP contribution in [0.15, 0.2) is 104 Å². The van der Waals surface area contributed by atoms with Gasteiger partial charge in [-0.1, -0.05) is 129 Å². The number of unbranched alkanes of at least 4 members (excludes halogenated alkanes) is 7. The Bertz CT molecular complexity index is 758. The van der Waals surface area contributed by atoms with Gasteiger partial charge < -0.3 is 4.74 Å². The van der Waals surface area contributed by atoms with Crippen LogP contribution in [-0.2, 0) is 10.3 Å². The third-order valence-electron chi connectivity index (χ3n) is 5.91. The molecule has 162 valence electrons. The molecule has 0 aliphatic carbocycles. The quantitative estimate of drug-likeness (QED) is 0.147. The number of allylic oxidation sites excluding steroid dienone is 1. The van der Waals surface area contributed by atoms with Crippen molar-refractivity contribution in [1.82, 2.24) is 0 Å². The molecule has 0 saturated carbocycles. The lowest BCUT2D eigenvalue weighted by Crippen LogP contribution is -2.33. The zero-order valence-electron chi connectivity index (χ0n) is 18.7. The van der Waals surface area contributed by atoms with Gasteiger partial charge in [0.1, 0.15) is 5.60 Å². The number of rotatable bonds is 14. The highest BCUT2D eigenvalue weighted by atomic mass is 16.5. The Kier molecular flexibility index (Phi) is 9.60. The molecule has 0 aromatic heterocycles. The van der Waals surface area contributed by atoms with E-state index in [9.17, 15) is 0 Å². The van der Waals surface area contributed by atoms with E-state index < -0.39 is 5.60 Å². The first-order chi connectivity index (χ1) is 15.4. The number of hydrogen-bond acceptors (Lipinski definition) is 1. The van der Waals surface area contributed by atoms with Crippen molar-refractivity contribution < 1.29 is 4.74 Å². The van der Waals surface area contributed by atoms with E-state index >= 15 is 0 Å². The van der Waals surface area contributed by atoms with Gasteiger partial charge >= 0.3 is 0 Å². The molecule has 3 aromatic carbocycles. The molecule has 0 radical (unpaired) electrons. The Labute approximate surface area is 188 Å². The van der Waals surface area contributed by atoms with Crippen LogP contribution in [0.1, 0.15) is 68.1 Å². The minimum absolute atomic E-state index is 0.589. The lowest BCUT2D eigenvalue weighted by atomic mass is 9.80. The number of hydrogen-bond donors (Lipinski definition) is 0. The van der Waals surface area contributed by atoms with Crippen molar-refractivity contribution in [2.75, 3.05) is 6.61 Å². The summed E-state index contributed by atoms with van der Waals surface area (Å²) in [5, 5.41) is 0. The van der Waals surface area contributed by atoms with Gasteiger partial charge in [-0.15, -0.1) is 6.58 Å². The molecule has 0 saturated heterocycles. The van der Waals surface area contributed by atoms with Crippen LogP contribution in [0.3, 0.4) is 0 Å². The van der Waals surface area contributed by atoms with Crippen molar-refractivity contribution in [3.8, 4) is 0 Å². The third kappa shape index (κ3) is 6.42. The standard InChI is InChI=1S/C30H36O/c1-2-3-4-5-6-7-8-9-19-26-31-30(27-20-13-10-14-21-27,28-22-15-11-16-23-28)29-24-17-12-18-25-29/h2,10-18,20-25H,1,3-9,19,26H2. The van der Waals surface area contributed by atoms with Gasteiger partial charge in [0, 0.05) is 6.61 Å². The molecular formula is C30H36O. The van der Waals surface area contributed by atoms with Gasteiger partial charge in [-0.25, -0.2) is 0 Å². The zero-order valence-corrected chi connectivity index (χ0v) is 18.7. The van der Waals surface area contributed by atoms with E-state index in [0.717, 1.165) is 19.4 Å². The fourth-order valence-corrected chi connectivity index (χ4v) is 4.27. The van der Waals surface area contributed by atoms with E-state index in [4.69, 9.17) is 4.74 Å². The molecule has 0 amide bonds. The monoisotopic (exact) mass is 412 g/mol. The first kappa shape index (κ1) is 23.0. The molecule has 0 aliphatic rings. The van der Waals surface area contributed by atoms with Gasteiger partial charge in [-0.3, -0.25) is 0 Å². The Hall–Kier alpha value is -2.64. The van der Waals surface area contributed by atoms with E-state index in [-0.39, 0.29) is 0 Å². The Morgan fingerprint density at radius 1 is 0.548 bits per heavy atom. The van der Waals surface area contributed by atoms with Crippen LogP contribution in [0, 0.1) is 0 Å². The lowest BCUT2D eigenvalue weighted by Gasteiger charge is -2.36. The van der Waals surface area contributed by atoms with Crippen LogP contribution >= 0.6 is 0 Å². The second kappa shape index (κ2) is 12.9. The first-order valence-electron chi connectivity index (χ1n) is 11.8. The van der Waals surface area contributed by atoms with Crippen molar-refractivity contribution in [1.29, 1.82) is 0 Å². The average molecular weight is 413 g/mol. The molecule has 1 heteroatoms. The fraction of sp³-hybridized carbons (Fsp3) is 0.333. The van der Waals surface area contributed by atoms with Gasteiger partial charge in [0.05, 0.1) is 0 Å². The zero-order chi connectivity index (χ0) is 21.6. The molecule has 3 aromatic rings. The Morgan fingerprint density at radius 2 is 0.935 bits per heavy atom. The van der Waals surface area contributed by atoms with Crippen molar-refractivity contribution >= 4 is 0 Å². The van der Waals surface area contributed by atoms with E-state index in [0.29, 0.717) is 0 Å². The van der Waals surface area contributed by atoms with Crippen molar-refractivity contribution in [2.45, 2.75) is 57.0 Å². The molecule has 0 aliphatic heterocycles. The average Bonchev–Trinajstić information content (AvgIpc) is 2.84. The highest BCUT2D eigenvalue weighted by molar-refractivity contribution is 5.47. The van der Waals surface area contributed by atoms with E-state index in [1.807, 2.05) is 6.08 Å². The van der Waals surface area contributed by atoms with Crippen molar-refractivity contribution in [3.63, 3.8) is 0 Å². The van der Waals surface area contributed by atoms with Crippen molar-refractivity contribution in [2.24, 2.45) is 0 Å². The summed E-state index contributed by atoms with van der Waals surface area (Å²) in [6, 6.07) is 31.9. The van der Waals surface area contributed by atoms with E-state index in [2.05, 4.69) is 97.6 Å². The topological polar surface area (TPSA) is 9.23 Å². The van der Waals surface area contributed by atoms with Crippen LogP contribution in [0.2, 0.25) is 0 Å². The predicted molar refractivity (Wildman–Crippen MR) is 132 cm³/mol. The van der Waals surface area contributed by atoms with Gasteiger partial charge in [0.2, 0.25) is 0 Å². The van der Waals surface area contributed by atoms with Gasteiger partial charge in [-0.05, 0) is 36.0 Å². The smallest absolute Gasteiger partial charge is 0.143 e. The molecule has 3 rings (SSSR count). The molecular weight excluding hydrogens is 376 g/mol. The molecule has 1 nitrogen and oxygen atoms in total. The minimum Gasteiger partial charge on any atom is -0.361 e. The summed E-state index contributed by atoms with van der Waals surface area (Å²) in [5.74, 6) is 0. The SMILES string of the molecule is C=CCCCCCCCCCOC(c1ccccc1)(c1ccccc1)c1ccccc1. The third-order valence-corrected chi connectivity index (χ3v) is 5.91. The summed E-state index contributed by atoms with van der Waals surface area (Å²) >= 11 is 0.